The summed E-state index contributed by atoms with van der Waals surface area (Å²) in [5, 5.41) is 2.42. The number of hydrogen-bond donors (Lipinski definition) is 1. The molecule has 0 saturated carbocycles. The van der Waals surface area contributed by atoms with Gasteiger partial charge in [-0.2, -0.15) is 0 Å². The molecule has 1 aromatic carbocycles. The van der Waals surface area contributed by atoms with Crippen molar-refractivity contribution in [3.63, 3.8) is 0 Å². The molecule has 0 radical (unpaired) electrons. The van der Waals surface area contributed by atoms with Crippen molar-refractivity contribution in [1.29, 1.82) is 0 Å². The van der Waals surface area contributed by atoms with Crippen molar-refractivity contribution in [3.8, 4) is 0 Å². The third-order valence-electron chi connectivity index (χ3n) is 2.51. The number of nitrogens with one attached hydrogen (secondary N) is 1. The first kappa shape index (κ1) is 13.5. The summed E-state index contributed by atoms with van der Waals surface area (Å²) in [4.78, 5) is 19.0. The molecule has 0 unspecified atom stereocenters. The zero-order valence-corrected chi connectivity index (χ0v) is 11.2. The average molecular weight is 276 g/mol. The van der Waals surface area contributed by atoms with Gasteiger partial charge < -0.3 is 4.98 Å². The molecule has 0 spiro atoms. The van der Waals surface area contributed by atoms with Crippen LogP contribution in [0.1, 0.15) is 23.0 Å². The van der Waals surface area contributed by atoms with Crippen LogP contribution in [0.4, 0.5) is 4.39 Å². The zero-order chi connectivity index (χ0) is 13.7. The number of aryl methyl sites for hydroxylation is 1. The van der Waals surface area contributed by atoms with Crippen molar-refractivity contribution in [2.24, 2.45) is 0 Å². The molecule has 2 rings (SSSR count). The van der Waals surface area contributed by atoms with E-state index < -0.39 is 0 Å². The summed E-state index contributed by atoms with van der Waals surface area (Å²) in [6.45, 7) is 2.04. The second-order valence-corrected chi connectivity index (χ2v) is 4.75. The number of aromatic nitrogens is 2. The molecule has 3 nitrogen and oxygen atoms in total. The van der Waals surface area contributed by atoms with Gasteiger partial charge in [0.25, 0.3) is 0 Å². The van der Waals surface area contributed by atoms with Gasteiger partial charge in [-0.05, 0) is 42.2 Å². The van der Waals surface area contributed by atoms with Crippen LogP contribution >= 0.6 is 11.8 Å². The van der Waals surface area contributed by atoms with Gasteiger partial charge in [0.15, 0.2) is 10.9 Å². The van der Waals surface area contributed by atoms with Crippen molar-refractivity contribution < 1.29 is 9.18 Å². The van der Waals surface area contributed by atoms with Crippen molar-refractivity contribution in [1.82, 2.24) is 9.97 Å². The van der Waals surface area contributed by atoms with Crippen LogP contribution in [0.15, 0.2) is 47.1 Å². The number of rotatable bonds is 5. The highest BCUT2D eigenvalue weighted by Gasteiger charge is 2.02. The van der Waals surface area contributed by atoms with Gasteiger partial charge in [-0.25, -0.2) is 9.37 Å². The molecule has 0 aliphatic heterocycles. The second-order valence-electron chi connectivity index (χ2n) is 3.86. The van der Waals surface area contributed by atoms with E-state index >= 15 is 0 Å². The number of thioether (sulfide) groups is 1. The van der Waals surface area contributed by atoms with Crippen LogP contribution in [0.2, 0.25) is 0 Å². The Morgan fingerprint density at radius 3 is 2.79 bits per heavy atom. The number of carbonyl (C=O) groups excluding carboxylic acids is 1. The first-order chi connectivity index (χ1) is 9.19. The molecular weight excluding hydrogens is 263 g/mol. The largest absolute Gasteiger partial charge is 0.337 e. The molecule has 5 heteroatoms. The zero-order valence-electron chi connectivity index (χ0n) is 10.4. The number of benzene rings is 1. The van der Waals surface area contributed by atoms with Crippen LogP contribution in [0, 0.1) is 5.82 Å². The number of halogens is 1. The topological polar surface area (TPSA) is 45.8 Å². The van der Waals surface area contributed by atoms with Gasteiger partial charge in [-0.15, -0.1) is 0 Å². The average Bonchev–Trinajstić information content (AvgIpc) is 2.87. The van der Waals surface area contributed by atoms with Gasteiger partial charge in [0.1, 0.15) is 5.82 Å². The summed E-state index contributed by atoms with van der Waals surface area (Å²) >= 11 is 1.34. The van der Waals surface area contributed by atoms with E-state index in [4.69, 9.17) is 0 Å². The lowest BCUT2D eigenvalue weighted by Gasteiger charge is -1.94. The fraction of sp³-hybridized carbons (Fsp3) is 0.143. The number of aromatic amines is 1. The van der Waals surface area contributed by atoms with E-state index in [0.717, 1.165) is 17.3 Å². The first-order valence-corrected chi connectivity index (χ1v) is 6.74. The monoisotopic (exact) mass is 276 g/mol. The van der Waals surface area contributed by atoms with Crippen LogP contribution in [0.25, 0.3) is 0 Å². The number of nitrogens with zero attached hydrogens (tertiary/aromatic N) is 1. The van der Waals surface area contributed by atoms with Crippen LogP contribution in [0.5, 0.6) is 0 Å². The van der Waals surface area contributed by atoms with Gasteiger partial charge in [-0.1, -0.05) is 18.7 Å². The summed E-state index contributed by atoms with van der Waals surface area (Å²) in [6, 6.07) is 5.48. The maximum absolute atomic E-state index is 12.7. The number of H-pyrrole nitrogens is 1. The van der Waals surface area contributed by atoms with Crippen LogP contribution in [-0.4, -0.2) is 15.8 Å². The van der Waals surface area contributed by atoms with Gasteiger partial charge in [0, 0.05) is 17.5 Å². The SMILES string of the molecule is CCc1cnc(S/C=C/C(=O)c2ccc(F)cc2)[nH]1. The van der Waals surface area contributed by atoms with Crippen molar-refractivity contribution >= 4 is 17.5 Å². The molecule has 19 heavy (non-hydrogen) atoms. The number of hydrogen-bond acceptors (Lipinski definition) is 3. The summed E-state index contributed by atoms with van der Waals surface area (Å²) in [6.07, 6.45) is 4.12. The fourth-order valence-electron chi connectivity index (χ4n) is 1.45. The Bertz CT molecular complexity index is 590. The van der Waals surface area contributed by atoms with Crippen molar-refractivity contribution in [2.45, 2.75) is 18.5 Å². The third kappa shape index (κ3) is 3.79. The maximum atomic E-state index is 12.7. The van der Waals surface area contributed by atoms with Crippen LogP contribution in [0.3, 0.4) is 0 Å². The summed E-state index contributed by atoms with van der Waals surface area (Å²) in [5.41, 5.74) is 1.52. The normalized spacial score (nSPS) is 11.1. The molecule has 0 aliphatic carbocycles. The second kappa shape index (κ2) is 6.33. The highest BCUT2D eigenvalue weighted by Crippen LogP contribution is 2.15. The summed E-state index contributed by atoms with van der Waals surface area (Å²) in [5.74, 6) is -0.507. The standard InChI is InChI=1S/C14H13FN2OS/c1-2-12-9-16-14(17-12)19-8-7-13(18)10-3-5-11(15)6-4-10/h3-9H,2H2,1H3,(H,16,17)/b8-7+. The van der Waals surface area contributed by atoms with E-state index in [1.165, 1.54) is 42.1 Å². The van der Waals surface area contributed by atoms with Crippen LogP contribution < -0.4 is 0 Å². The highest BCUT2D eigenvalue weighted by molar-refractivity contribution is 8.02. The predicted molar refractivity (Wildman–Crippen MR) is 73.7 cm³/mol. The van der Waals surface area contributed by atoms with Crippen molar-refractivity contribution in [2.75, 3.05) is 0 Å². The lowest BCUT2D eigenvalue weighted by Crippen LogP contribution is -1.93. The van der Waals surface area contributed by atoms with Crippen molar-refractivity contribution in [3.05, 3.63) is 59.0 Å². The van der Waals surface area contributed by atoms with E-state index in [1.54, 1.807) is 11.6 Å². The Morgan fingerprint density at radius 1 is 1.42 bits per heavy atom. The van der Waals surface area contributed by atoms with E-state index in [1.807, 2.05) is 6.92 Å². The molecule has 1 N–H and O–H groups in total. The molecule has 0 amide bonds. The minimum Gasteiger partial charge on any atom is -0.337 e. The third-order valence-corrected chi connectivity index (χ3v) is 3.22. The first-order valence-electron chi connectivity index (χ1n) is 5.86. The lowest BCUT2D eigenvalue weighted by atomic mass is 10.1. The Kier molecular flexibility index (Phi) is 4.52. The van der Waals surface area contributed by atoms with Crippen LogP contribution in [-0.2, 0) is 6.42 Å². The van der Waals surface area contributed by atoms with Gasteiger partial charge in [0.05, 0.1) is 0 Å². The van der Waals surface area contributed by atoms with E-state index in [2.05, 4.69) is 9.97 Å². The Labute approximate surface area is 115 Å². The quantitative estimate of drug-likeness (QED) is 0.515. The molecule has 0 aliphatic rings. The van der Waals surface area contributed by atoms with E-state index in [0.29, 0.717) is 5.56 Å². The summed E-state index contributed by atoms with van der Waals surface area (Å²) in [7, 11) is 0. The number of allylic oxidation sites excluding steroid dienone is 1. The van der Waals surface area contributed by atoms with E-state index in [-0.39, 0.29) is 11.6 Å². The molecule has 1 aromatic heterocycles. The van der Waals surface area contributed by atoms with Gasteiger partial charge >= 0.3 is 0 Å². The smallest absolute Gasteiger partial charge is 0.186 e. The molecule has 0 saturated heterocycles. The molecular formula is C14H13FN2OS. The minimum atomic E-state index is -0.349. The van der Waals surface area contributed by atoms with Gasteiger partial charge in [-0.3, -0.25) is 4.79 Å². The molecule has 1 heterocycles. The molecule has 98 valence electrons. The number of carbonyl (C=O) groups is 1. The van der Waals surface area contributed by atoms with Gasteiger partial charge in [0.2, 0.25) is 0 Å². The molecule has 0 fully saturated rings. The minimum absolute atomic E-state index is 0.158. The highest BCUT2D eigenvalue weighted by atomic mass is 32.2. The molecule has 2 aromatic rings. The fourth-order valence-corrected chi connectivity index (χ4v) is 2.07. The molecule has 0 bridgehead atoms. The lowest BCUT2D eigenvalue weighted by molar-refractivity contribution is 0.104. The summed E-state index contributed by atoms with van der Waals surface area (Å²) < 4.78 is 12.7. The number of ketones is 1. The maximum Gasteiger partial charge on any atom is 0.186 e. The Hall–Kier alpha value is -1.88. The van der Waals surface area contributed by atoms with E-state index in [9.17, 15) is 9.18 Å². The molecule has 0 atom stereocenters. The Morgan fingerprint density at radius 2 is 2.16 bits per heavy atom. The number of imidazole rings is 1. The Balaban J connectivity index is 1.95. The predicted octanol–water partition coefficient (Wildman–Crippen LogP) is 3.60.